The Kier molecular flexibility index (Phi) is 15.2. The summed E-state index contributed by atoms with van der Waals surface area (Å²) in [4.78, 5) is 23.4. The lowest BCUT2D eigenvalue weighted by Crippen LogP contribution is -2.18. The van der Waals surface area contributed by atoms with E-state index in [9.17, 15) is 9.59 Å². The van der Waals surface area contributed by atoms with Crippen molar-refractivity contribution in [1.29, 1.82) is 0 Å². The smallest absolute Gasteiger partial charge is 0.134 e. The van der Waals surface area contributed by atoms with E-state index in [4.69, 9.17) is 0 Å². The van der Waals surface area contributed by atoms with Gasteiger partial charge in [0, 0.05) is 38.8 Å². The predicted molar refractivity (Wildman–Crippen MR) is 97.8 cm³/mol. The fraction of sp³-hybridized carbons (Fsp3) is 0.789. The molecular weight excluding hydrogens is 288 g/mol. The van der Waals surface area contributed by atoms with Crippen molar-refractivity contribution in [2.24, 2.45) is 0 Å². The molecule has 0 spiro atoms. The van der Waals surface area contributed by atoms with E-state index < -0.39 is 0 Å². The van der Waals surface area contributed by atoms with Gasteiger partial charge in [0.25, 0.3) is 0 Å². The summed E-state index contributed by atoms with van der Waals surface area (Å²) in [5, 5.41) is 6.49. The molecule has 134 valence electrons. The number of nitrogens with one attached hydrogen (secondary N) is 2. The molecule has 4 heteroatoms. The van der Waals surface area contributed by atoms with Crippen LogP contribution in [0.25, 0.3) is 0 Å². The summed E-state index contributed by atoms with van der Waals surface area (Å²) in [6.07, 6.45) is 8.40. The molecule has 0 saturated heterocycles. The number of carbonyl (C=O) groups excluding carboxylic acids is 2. The van der Waals surface area contributed by atoms with Crippen LogP contribution in [0, 0.1) is 0 Å². The van der Waals surface area contributed by atoms with E-state index in [1.54, 1.807) is 0 Å². The average Bonchev–Trinajstić information content (AvgIpc) is 2.54. The van der Waals surface area contributed by atoms with Crippen LogP contribution in [-0.2, 0) is 9.59 Å². The number of Topliss-reactive ketones (excluding diaryl/α,β-unsaturated/α-hetero) is 2. The van der Waals surface area contributed by atoms with Gasteiger partial charge in [-0.3, -0.25) is 9.59 Å². The van der Waals surface area contributed by atoms with Crippen LogP contribution in [0.2, 0.25) is 0 Å². The van der Waals surface area contributed by atoms with Gasteiger partial charge in [0.1, 0.15) is 11.6 Å². The second-order valence-electron chi connectivity index (χ2n) is 6.17. The Labute approximate surface area is 142 Å². The minimum absolute atomic E-state index is 0.315. The highest BCUT2D eigenvalue weighted by atomic mass is 16.1. The Morgan fingerprint density at radius 2 is 1.26 bits per heavy atom. The molecule has 0 aliphatic carbocycles. The molecule has 0 aromatic heterocycles. The molecule has 0 aromatic rings. The molecule has 0 rings (SSSR count). The van der Waals surface area contributed by atoms with Gasteiger partial charge in [-0.2, -0.15) is 0 Å². The number of hydrogen-bond acceptors (Lipinski definition) is 4. The maximum absolute atomic E-state index is 11.7. The first-order valence-corrected chi connectivity index (χ1v) is 9.20. The Hall–Kier alpha value is -1.00. The van der Waals surface area contributed by atoms with E-state index in [0.29, 0.717) is 37.2 Å². The standard InChI is InChI=1S/C19H36N2O2/c1-4-13-20-15-11-18(22)8-6-7-17(3)9-10-19(23)12-16-21-14-5-2/h7,20-21H,4-6,8-16H2,1-3H3/b17-7-. The lowest BCUT2D eigenvalue weighted by Gasteiger charge is -2.04. The highest BCUT2D eigenvalue weighted by Crippen LogP contribution is 2.08. The molecule has 0 heterocycles. The quantitative estimate of drug-likeness (QED) is 0.337. The molecule has 0 bridgehead atoms. The molecule has 0 aliphatic rings. The summed E-state index contributed by atoms with van der Waals surface area (Å²) in [5.41, 5.74) is 1.22. The van der Waals surface area contributed by atoms with Crippen LogP contribution >= 0.6 is 0 Å². The minimum atomic E-state index is 0.315. The van der Waals surface area contributed by atoms with Gasteiger partial charge in [-0.05, 0) is 45.7 Å². The predicted octanol–water partition coefficient (Wildman–Crippen LogP) is 3.41. The minimum Gasteiger partial charge on any atom is -0.316 e. The fourth-order valence-corrected chi connectivity index (χ4v) is 2.23. The van der Waals surface area contributed by atoms with Gasteiger partial charge < -0.3 is 10.6 Å². The number of hydrogen-bond donors (Lipinski definition) is 2. The Balaban J connectivity index is 3.65. The summed E-state index contributed by atoms with van der Waals surface area (Å²) in [7, 11) is 0. The van der Waals surface area contributed by atoms with Crippen molar-refractivity contribution in [2.45, 2.75) is 72.1 Å². The van der Waals surface area contributed by atoms with Crippen molar-refractivity contribution >= 4 is 11.6 Å². The first-order chi connectivity index (χ1) is 11.1. The Morgan fingerprint density at radius 3 is 1.78 bits per heavy atom. The molecule has 0 aliphatic heterocycles. The van der Waals surface area contributed by atoms with Gasteiger partial charge >= 0.3 is 0 Å². The molecule has 2 N–H and O–H groups in total. The second kappa shape index (κ2) is 15.9. The topological polar surface area (TPSA) is 58.2 Å². The summed E-state index contributed by atoms with van der Waals surface area (Å²) in [6, 6.07) is 0. The highest BCUT2D eigenvalue weighted by Gasteiger charge is 2.03. The van der Waals surface area contributed by atoms with Crippen LogP contribution < -0.4 is 10.6 Å². The third-order valence-electron chi connectivity index (χ3n) is 3.73. The third kappa shape index (κ3) is 15.7. The first-order valence-electron chi connectivity index (χ1n) is 9.20. The molecule has 4 nitrogen and oxygen atoms in total. The second-order valence-corrected chi connectivity index (χ2v) is 6.17. The SMILES string of the molecule is CCCNCCC(=O)CC/C=C(/C)CCC(=O)CCNCCC. The zero-order chi connectivity index (χ0) is 17.3. The number of carbonyl (C=O) groups is 2. The molecule has 0 radical (unpaired) electrons. The maximum atomic E-state index is 11.7. The van der Waals surface area contributed by atoms with Crippen molar-refractivity contribution in [2.75, 3.05) is 26.2 Å². The molecular formula is C19H36N2O2. The number of ketones is 2. The van der Waals surface area contributed by atoms with Crippen LogP contribution in [0.3, 0.4) is 0 Å². The van der Waals surface area contributed by atoms with E-state index in [1.807, 2.05) is 0 Å². The lowest BCUT2D eigenvalue weighted by atomic mass is 10.0. The lowest BCUT2D eigenvalue weighted by molar-refractivity contribution is -0.119. The van der Waals surface area contributed by atoms with Crippen LogP contribution in [0.5, 0.6) is 0 Å². The number of allylic oxidation sites excluding steroid dienone is 2. The fourth-order valence-electron chi connectivity index (χ4n) is 2.23. The molecule has 0 fully saturated rings. The van der Waals surface area contributed by atoms with Crippen molar-refractivity contribution in [3.8, 4) is 0 Å². The van der Waals surface area contributed by atoms with Crippen LogP contribution in [0.4, 0.5) is 0 Å². The molecule has 0 unspecified atom stereocenters. The highest BCUT2D eigenvalue weighted by molar-refractivity contribution is 5.79. The van der Waals surface area contributed by atoms with Crippen LogP contribution in [-0.4, -0.2) is 37.7 Å². The van der Waals surface area contributed by atoms with E-state index in [1.165, 1.54) is 5.57 Å². The molecule has 0 saturated carbocycles. The van der Waals surface area contributed by atoms with Gasteiger partial charge in [0.15, 0.2) is 0 Å². The van der Waals surface area contributed by atoms with Crippen LogP contribution in [0.1, 0.15) is 72.1 Å². The van der Waals surface area contributed by atoms with Crippen molar-refractivity contribution in [3.05, 3.63) is 11.6 Å². The van der Waals surface area contributed by atoms with Gasteiger partial charge in [0.05, 0.1) is 0 Å². The molecule has 23 heavy (non-hydrogen) atoms. The van der Waals surface area contributed by atoms with Gasteiger partial charge in [0.2, 0.25) is 0 Å². The van der Waals surface area contributed by atoms with E-state index >= 15 is 0 Å². The van der Waals surface area contributed by atoms with Gasteiger partial charge in [-0.25, -0.2) is 0 Å². The largest absolute Gasteiger partial charge is 0.316 e. The van der Waals surface area contributed by atoms with E-state index in [0.717, 1.165) is 51.9 Å². The van der Waals surface area contributed by atoms with Crippen molar-refractivity contribution in [3.63, 3.8) is 0 Å². The first kappa shape index (κ1) is 22.0. The summed E-state index contributed by atoms with van der Waals surface area (Å²) in [5.74, 6) is 0.634. The Bertz CT molecular complexity index is 351. The van der Waals surface area contributed by atoms with Crippen molar-refractivity contribution < 1.29 is 9.59 Å². The summed E-state index contributed by atoms with van der Waals surface area (Å²) >= 11 is 0. The maximum Gasteiger partial charge on any atom is 0.134 e. The zero-order valence-corrected chi connectivity index (χ0v) is 15.4. The van der Waals surface area contributed by atoms with E-state index in [2.05, 4.69) is 37.5 Å². The zero-order valence-electron chi connectivity index (χ0n) is 15.4. The molecule has 0 aromatic carbocycles. The third-order valence-corrected chi connectivity index (χ3v) is 3.73. The molecule has 0 atom stereocenters. The number of rotatable bonds is 16. The monoisotopic (exact) mass is 324 g/mol. The normalized spacial score (nSPS) is 11.7. The molecule has 0 amide bonds. The van der Waals surface area contributed by atoms with Crippen molar-refractivity contribution in [1.82, 2.24) is 10.6 Å². The summed E-state index contributed by atoms with van der Waals surface area (Å²) < 4.78 is 0. The summed E-state index contributed by atoms with van der Waals surface area (Å²) in [6.45, 7) is 9.83. The van der Waals surface area contributed by atoms with Gasteiger partial charge in [-0.15, -0.1) is 0 Å². The van der Waals surface area contributed by atoms with E-state index in [-0.39, 0.29) is 0 Å². The van der Waals surface area contributed by atoms with Gasteiger partial charge in [-0.1, -0.05) is 25.5 Å². The Morgan fingerprint density at radius 1 is 0.739 bits per heavy atom. The van der Waals surface area contributed by atoms with Crippen LogP contribution in [0.15, 0.2) is 11.6 Å². The average molecular weight is 325 g/mol.